The molecule has 0 atom stereocenters. The fourth-order valence-electron chi connectivity index (χ4n) is 1.83. The van der Waals surface area contributed by atoms with E-state index in [9.17, 15) is 0 Å². The van der Waals surface area contributed by atoms with Gasteiger partial charge in [0.1, 0.15) is 5.69 Å². The number of hydrogen-bond donors (Lipinski definition) is 0. The van der Waals surface area contributed by atoms with Crippen molar-refractivity contribution < 1.29 is 0 Å². The second-order valence-corrected chi connectivity index (χ2v) is 5.70. The minimum Gasteiger partial charge on any atom is -0.248 e. The molecule has 3 aromatic rings. The summed E-state index contributed by atoms with van der Waals surface area (Å²) >= 11 is 7.79. The van der Waals surface area contributed by atoms with Gasteiger partial charge in [-0.3, -0.25) is 0 Å². The van der Waals surface area contributed by atoms with Crippen molar-refractivity contribution in [1.29, 1.82) is 0 Å². The first-order valence-electron chi connectivity index (χ1n) is 6.27. The molecule has 1 aromatic carbocycles. The Labute approximate surface area is 126 Å². The number of aromatic nitrogens is 2. The highest BCUT2D eigenvalue weighted by Crippen LogP contribution is 2.29. The van der Waals surface area contributed by atoms with Crippen LogP contribution in [0.25, 0.3) is 10.2 Å². The summed E-state index contributed by atoms with van der Waals surface area (Å²) in [6, 6.07) is 11.5. The molecule has 2 nitrogen and oxygen atoms in total. The molecule has 0 aliphatic carbocycles. The Morgan fingerprint density at radius 2 is 2.10 bits per heavy atom. The molecule has 0 unspecified atom stereocenters. The predicted molar refractivity (Wildman–Crippen MR) is 84.1 cm³/mol. The van der Waals surface area contributed by atoms with Crippen LogP contribution in [0.15, 0.2) is 42.6 Å². The first-order valence-corrected chi connectivity index (χ1v) is 7.46. The summed E-state index contributed by atoms with van der Waals surface area (Å²) in [5, 5.41) is 1.84. The molecular formula is C16H11ClN2S. The van der Waals surface area contributed by atoms with Crippen molar-refractivity contribution in [2.75, 3.05) is 0 Å². The molecule has 0 radical (unpaired) electrons. The minimum atomic E-state index is 0.769. The highest BCUT2D eigenvalue weighted by atomic mass is 35.5. The second-order valence-electron chi connectivity index (χ2n) is 4.21. The van der Waals surface area contributed by atoms with Crippen LogP contribution in [0.2, 0.25) is 5.02 Å². The molecule has 0 aliphatic rings. The minimum absolute atomic E-state index is 0.769. The molecule has 20 heavy (non-hydrogen) atoms. The van der Waals surface area contributed by atoms with E-state index in [1.165, 1.54) is 0 Å². The lowest BCUT2D eigenvalue weighted by atomic mass is 10.3. The van der Waals surface area contributed by atoms with E-state index in [2.05, 4.69) is 21.8 Å². The lowest BCUT2D eigenvalue weighted by Gasteiger charge is -1.88. The Bertz CT molecular complexity index is 784. The first kappa shape index (κ1) is 13.1. The highest BCUT2D eigenvalue weighted by Gasteiger charge is 2.05. The maximum absolute atomic E-state index is 6.15. The topological polar surface area (TPSA) is 25.8 Å². The van der Waals surface area contributed by atoms with Gasteiger partial charge in [-0.2, -0.15) is 0 Å². The molecule has 0 fully saturated rings. The van der Waals surface area contributed by atoms with E-state index in [1.54, 1.807) is 17.5 Å². The third-order valence-corrected chi connectivity index (χ3v) is 4.35. The van der Waals surface area contributed by atoms with Crippen LogP contribution in [0.3, 0.4) is 0 Å². The number of benzene rings is 1. The van der Waals surface area contributed by atoms with Crippen LogP contribution in [0.1, 0.15) is 17.1 Å². The summed E-state index contributed by atoms with van der Waals surface area (Å²) in [6.45, 7) is 0. The van der Waals surface area contributed by atoms with Gasteiger partial charge in [-0.25, -0.2) is 9.97 Å². The van der Waals surface area contributed by atoms with Crippen LogP contribution in [0.5, 0.6) is 0 Å². The zero-order valence-corrected chi connectivity index (χ0v) is 12.2. The van der Waals surface area contributed by atoms with Gasteiger partial charge in [-0.1, -0.05) is 29.7 Å². The lowest BCUT2D eigenvalue weighted by molar-refractivity contribution is 1.01. The van der Waals surface area contributed by atoms with Crippen LogP contribution >= 0.6 is 22.9 Å². The SMILES string of the molecule is Clc1cccc2nc(CCC#Cc3ccccn3)sc12. The molecule has 0 spiro atoms. The van der Waals surface area contributed by atoms with Crippen molar-refractivity contribution in [3.8, 4) is 11.8 Å². The maximum Gasteiger partial charge on any atom is 0.113 e. The zero-order chi connectivity index (χ0) is 13.8. The fraction of sp³-hybridized carbons (Fsp3) is 0.125. The number of nitrogens with zero attached hydrogens (tertiary/aromatic N) is 2. The van der Waals surface area contributed by atoms with Gasteiger partial charge in [0.15, 0.2) is 0 Å². The number of aryl methyl sites for hydroxylation is 1. The molecule has 0 saturated carbocycles. The van der Waals surface area contributed by atoms with Crippen LogP contribution < -0.4 is 0 Å². The van der Waals surface area contributed by atoms with Gasteiger partial charge in [0, 0.05) is 19.0 Å². The molecular weight excluding hydrogens is 288 g/mol. The molecule has 2 heterocycles. The molecule has 4 heteroatoms. The maximum atomic E-state index is 6.15. The molecule has 98 valence electrons. The van der Waals surface area contributed by atoms with E-state index < -0.39 is 0 Å². The molecule has 3 rings (SSSR count). The third-order valence-electron chi connectivity index (χ3n) is 2.76. The quantitative estimate of drug-likeness (QED) is 0.658. The molecule has 0 bridgehead atoms. The molecule has 0 N–H and O–H groups in total. The summed E-state index contributed by atoms with van der Waals surface area (Å²) in [6.07, 6.45) is 3.36. The molecule has 0 amide bonds. The average molecular weight is 299 g/mol. The van der Waals surface area contributed by atoms with E-state index in [1.807, 2.05) is 36.4 Å². The Balaban J connectivity index is 1.69. The lowest BCUT2D eigenvalue weighted by Crippen LogP contribution is -1.82. The summed E-state index contributed by atoms with van der Waals surface area (Å²) in [5.41, 5.74) is 1.77. The number of thiazole rings is 1. The summed E-state index contributed by atoms with van der Waals surface area (Å²) < 4.78 is 1.06. The zero-order valence-electron chi connectivity index (χ0n) is 10.6. The van der Waals surface area contributed by atoms with Gasteiger partial charge in [-0.05, 0) is 30.2 Å². The largest absolute Gasteiger partial charge is 0.248 e. The van der Waals surface area contributed by atoms with E-state index in [-0.39, 0.29) is 0 Å². The Morgan fingerprint density at radius 1 is 1.15 bits per heavy atom. The third kappa shape index (κ3) is 2.98. The molecule has 2 aromatic heterocycles. The van der Waals surface area contributed by atoms with Gasteiger partial charge in [0.05, 0.1) is 20.2 Å². The average Bonchev–Trinajstić information content (AvgIpc) is 2.89. The van der Waals surface area contributed by atoms with Gasteiger partial charge < -0.3 is 0 Å². The Morgan fingerprint density at radius 3 is 2.90 bits per heavy atom. The monoisotopic (exact) mass is 298 g/mol. The standard InChI is InChI=1S/C16H11ClN2S/c17-13-8-5-9-14-16(13)20-15(19-14)10-2-1-6-12-7-3-4-11-18-12/h3-5,7-9,11H,2,10H2. The summed E-state index contributed by atoms with van der Waals surface area (Å²) in [5.74, 6) is 6.18. The van der Waals surface area contributed by atoms with Crippen LogP contribution in [-0.2, 0) is 6.42 Å². The predicted octanol–water partition coefficient (Wildman–Crippen LogP) is 4.33. The van der Waals surface area contributed by atoms with Crippen molar-refractivity contribution >= 4 is 33.2 Å². The highest BCUT2D eigenvalue weighted by molar-refractivity contribution is 7.19. The van der Waals surface area contributed by atoms with Crippen molar-refractivity contribution in [2.24, 2.45) is 0 Å². The summed E-state index contributed by atoms with van der Waals surface area (Å²) in [4.78, 5) is 8.73. The number of pyridine rings is 1. The van der Waals surface area contributed by atoms with Crippen LogP contribution in [0.4, 0.5) is 0 Å². The fourth-order valence-corrected chi connectivity index (χ4v) is 3.08. The van der Waals surface area contributed by atoms with E-state index in [0.717, 1.165) is 38.8 Å². The summed E-state index contributed by atoms with van der Waals surface area (Å²) in [7, 11) is 0. The normalized spacial score (nSPS) is 10.2. The smallest absolute Gasteiger partial charge is 0.113 e. The number of halogens is 1. The van der Waals surface area contributed by atoms with Crippen molar-refractivity contribution in [2.45, 2.75) is 12.8 Å². The number of fused-ring (bicyclic) bond motifs is 1. The van der Waals surface area contributed by atoms with Gasteiger partial charge in [-0.15, -0.1) is 11.3 Å². The molecule has 0 aliphatic heterocycles. The number of rotatable bonds is 2. The van der Waals surface area contributed by atoms with E-state index in [0.29, 0.717) is 0 Å². The van der Waals surface area contributed by atoms with Crippen molar-refractivity contribution in [3.05, 3.63) is 58.3 Å². The number of hydrogen-bond acceptors (Lipinski definition) is 3. The Hall–Kier alpha value is -1.89. The van der Waals surface area contributed by atoms with E-state index in [4.69, 9.17) is 11.6 Å². The van der Waals surface area contributed by atoms with E-state index >= 15 is 0 Å². The van der Waals surface area contributed by atoms with Gasteiger partial charge in [0.2, 0.25) is 0 Å². The van der Waals surface area contributed by atoms with Crippen molar-refractivity contribution in [1.82, 2.24) is 9.97 Å². The van der Waals surface area contributed by atoms with Gasteiger partial charge >= 0.3 is 0 Å². The Kier molecular flexibility index (Phi) is 3.96. The van der Waals surface area contributed by atoms with Crippen LogP contribution in [0, 0.1) is 11.8 Å². The van der Waals surface area contributed by atoms with Crippen molar-refractivity contribution in [3.63, 3.8) is 0 Å². The molecule has 0 saturated heterocycles. The van der Waals surface area contributed by atoms with Gasteiger partial charge in [0.25, 0.3) is 0 Å². The van der Waals surface area contributed by atoms with Crippen LogP contribution in [-0.4, -0.2) is 9.97 Å². The first-order chi connectivity index (χ1) is 9.83. The second kappa shape index (κ2) is 6.04.